The van der Waals surface area contributed by atoms with E-state index >= 15 is 0 Å². The van der Waals surface area contributed by atoms with Crippen molar-refractivity contribution in [1.29, 1.82) is 5.26 Å². The first-order chi connectivity index (χ1) is 14.8. The molecular formula is C23H31N5O3. The average molecular weight is 426 g/mol. The molecule has 3 rings (SSSR count). The summed E-state index contributed by atoms with van der Waals surface area (Å²) in [5, 5.41) is 8.94. The Balaban J connectivity index is 1.43. The molecule has 1 aromatic carbocycles. The predicted molar refractivity (Wildman–Crippen MR) is 116 cm³/mol. The first-order valence-electron chi connectivity index (χ1n) is 10.6. The third-order valence-corrected chi connectivity index (χ3v) is 5.09. The number of nitrogens with zero attached hydrogens (tertiary/aromatic N) is 5. The quantitative estimate of drug-likeness (QED) is 0.635. The second-order valence-corrected chi connectivity index (χ2v) is 8.66. The van der Waals surface area contributed by atoms with Crippen LogP contribution in [0.2, 0.25) is 0 Å². The Bertz CT molecular complexity index is 887. The summed E-state index contributed by atoms with van der Waals surface area (Å²) in [4.78, 5) is 20.6. The maximum Gasteiger partial charge on any atom is 0.409 e. The fourth-order valence-corrected chi connectivity index (χ4v) is 3.39. The Morgan fingerprint density at radius 3 is 2.45 bits per heavy atom. The number of ether oxygens (including phenoxy) is 2. The minimum absolute atomic E-state index is 0.232. The van der Waals surface area contributed by atoms with Crippen LogP contribution in [0.1, 0.15) is 37.6 Å². The van der Waals surface area contributed by atoms with E-state index in [0.717, 1.165) is 30.9 Å². The molecule has 0 N–H and O–H groups in total. The number of imidazole rings is 1. The van der Waals surface area contributed by atoms with Gasteiger partial charge in [0.15, 0.2) is 0 Å². The molecule has 0 bridgehead atoms. The lowest BCUT2D eigenvalue weighted by Gasteiger charge is -2.34. The maximum absolute atomic E-state index is 12.2. The minimum Gasteiger partial charge on any atom is -0.447 e. The molecule has 0 spiro atoms. The zero-order chi connectivity index (χ0) is 22.3. The van der Waals surface area contributed by atoms with Gasteiger partial charge in [0.25, 0.3) is 0 Å². The van der Waals surface area contributed by atoms with E-state index in [1.165, 1.54) is 0 Å². The van der Waals surface area contributed by atoms with Gasteiger partial charge in [0.2, 0.25) is 0 Å². The summed E-state index contributed by atoms with van der Waals surface area (Å²) in [5.41, 5.74) is 2.68. The van der Waals surface area contributed by atoms with Crippen LogP contribution in [0.4, 0.5) is 4.79 Å². The Morgan fingerprint density at radius 2 is 1.81 bits per heavy atom. The van der Waals surface area contributed by atoms with E-state index < -0.39 is 0 Å². The molecule has 0 saturated carbocycles. The summed E-state index contributed by atoms with van der Waals surface area (Å²) in [6, 6.07) is 9.75. The largest absolute Gasteiger partial charge is 0.447 e. The van der Waals surface area contributed by atoms with E-state index in [1.54, 1.807) is 4.90 Å². The molecule has 1 saturated heterocycles. The van der Waals surface area contributed by atoms with Crippen LogP contribution in [0.25, 0.3) is 0 Å². The van der Waals surface area contributed by atoms with Gasteiger partial charge >= 0.3 is 6.09 Å². The van der Waals surface area contributed by atoms with Crippen molar-refractivity contribution in [3.05, 3.63) is 53.6 Å². The van der Waals surface area contributed by atoms with E-state index in [9.17, 15) is 4.79 Å². The molecule has 2 aromatic rings. The number of nitriles is 1. The van der Waals surface area contributed by atoms with Crippen LogP contribution in [0.5, 0.6) is 0 Å². The van der Waals surface area contributed by atoms with Crippen LogP contribution in [0.3, 0.4) is 0 Å². The highest BCUT2D eigenvalue weighted by Gasteiger charge is 2.23. The number of carbonyl (C=O) groups is 1. The first-order valence-corrected chi connectivity index (χ1v) is 10.6. The Labute approximate surface area is 184 Å². The van der Waals surface area contributed by atoms with Gasteiger partial charge in [-0.1, -0.05) is 12.1 Å². The van der Waals surface area contributed by atoms with Gasteiger partial charge in [-0.05, 0) is 38.5 Å². The summed E-state index contributed by atoms with van der Waals surface area (Å²) < 4.78 is 13.0. The van der Waals surface area contributed by atoms with Crippen LogP contribution in [-0.4, -0.2) is 70.4 Å². The third-order valence-electron chi connectivity index (χ3n) is 5.09. The van der Waals surface area contributed by atoms with Gasteiger partial charge in [-0.15, -0.1) is 0 Å². The molecule has 0 radical (unpaired) electrons. The van der Waals surface area contributed by atoms with Gasteiger partial charge in [0, 0.05) is 45.5 Å². The molecular weight excluding hydrogens is 394 g/mol. The van der Waals surface area contributed by atoms with Crippen LogP contribution < -0.4 is 0 Å². The van der Waals surface area contributed by atoms with Gasteiger partial charge in [0.1, 0.15) is 6.61 Å². The highest BCUT2D eigenvalue weighted by molar-refractivity contribution is 5.67. The molecule has 166 valence electrons. The molecule has 0 unspecified atom stereocenters. The number of hydrogen-bond acceptors (Lipinski definition) is 6. The standard InChI is InChI=1S/C23H31N5O3/c1-23(2,3)31-13-12-30-22(29)27-10-8-26(9-11-27)17-21-15-25-18-28(21)16-20-6-4-19(14-24)5-7-20/h4-7,15,18H,8-13,16-17H2,1-3H3. The second kappa shape index (κ2) is 10.4. The minimum atomic E-state index is -0.275. The average Bonchev–Trinajstić information content (AvgIpc) is 3.18. The molecule has 1 aromatic heterocycles. The van der Waals surface area contributed by atoms with Gasteiger partial charge in [-0.3, -0.25) is 4.90 Å². The molecule has 1 aliphatic rings. The Hall–Kier alpha value is -2.89. The highest BCUT2D eigenvalue weighted by atomic mass is 16.6. The monoisotopic (exact) mass is 425 g/mol. The summed E-state index contributed by atoms with van der Waals surface area (Å²) in [6.45, 7) is 10.9. The van der Waals surface area contributed by atoms with Crippen molar-refractivity contribution >= 4 is 6.09 Å². The Kier molecular flexibility index (Phi) is 7.66. The fourth-order valence-electron chi connectivity index (χ4n) is 3.39. The number of carbonyl (C=O) groups excluding carboxylic acids is 1. The zero-order valence-corrected chi connectivity index (χ0v) is 18.6. The number of piperazine rings is 1. The third kappa shape index (κ3) is 7.09. The van der Waals surface area contributed by atoms with Crippen molar-refractivity contribution in [3.63, 3.8) is 0 Å². The second-order valence-electron chi connectivity index (χ2n) is 8.66. The number of rotatable bonds is 7. The number of aromatic nitrogens is 2. The van der Waals surface area contributed by atoms with E-state index in [-0.39, 0.29) is 18.3 Å². The zero-order valence-electron chi connectivity index (χ0n) is 18.6. The van der Waals surface area contributed by atoms with Crippen molar-refractivity contribution in [1.82, 2.24) is 19.4 Å². The SMILES string of the molecule is CC(C)(C)OCCOC(=O)N1CCN(Cc2cncn2Cc2ccc(C#N)cc2)CC1. The van der Waals surface area contributed by atoms with Crippen LogP contribution in [-0.2, 0) is 22.6 Å². The molecule has 0 atom stereocenters. The summed E-state index contributed by atoms with van der Waals surface area (Å²) in [7, 11) is 0. The van der Waals surface area contributed by atoms with Crippen molar-refractivity contribution in [2.75, 3.05) is 39.4 Å². The van der Waals surface area contributed by atoms with E-state index in [1.807, 2.05) is 57.6 Å². The predicted octanol–water partition coefficient (Wildman–Crippen LogP) is 2.87. The molecule has 0 aliphatic carbocycles. The van der Waals surface area contributed by atoms with E-state index in [2.05, 4.69) is 20.5 Å². The van der Waals surface area contributed by atoms with Crippen LogP contribution >= 0.6 is 0 Å². The van der Waals surface area contributed by atoms with Crippen LogP contribution in [0, 0.1) is 11.3 Å². The summed E-state index contributed by atoms with van der Waals surface area (Å²) >= 11 is 0. The van der Waals surface area contributed by atoms with E-state index in [0.29, 0.717) is 31.8 Å². The number of hydrogen-bond donors (Lipinski definition) is 0. The topological polar surface area (TPSA) is 83.6 Å². The molecule has 2 heterocycles. The number of benzene rings is 1. The fraction of sp³-hybridized carbons (Fsp3) is 0.522. The molecule has 1 aliphatic heterocycles. The van der Waals surface area contributed by atoms with E-state index in [4.69, 9.17) is 14.7 Å². The molecule has 31 heavy (non-hydrogen) atoms. The highest BCUT2D eigenvalue weighted by Crippen LogP contribution is 2.13. The maximum atomic E-state index is 12.2. The van der Waals surface area contributed by atoms with Gasteiger partial charge in [0.05, 0.1) is 35.9 Å². The smallest absolute Gasteiger partial charge is 0.409 e. The molecule has 8 heteroatoms. The lowest BCUT2D eigenvalue weighted by atomic mass is 10.1. The van der Waals surface area contributed by atoms with Gasteiger partial charge in [-0.25, -0.2) is 9.78 Å². The van der Waals surface area contributed by atoms with Gasteiger partial charge in [-0.2, -0.15) is 5.26 Å². The summed E-state index contributed by atoms with van der Waals surface area (Å²) in [5.74, 6) is 0. The van der Waals surface area contributed by atoms with Crippen molar-refractivity contribution < 1.29 is 14.3 Å². The molecule has 1 fully saturated rings. The van der Waals surface area contributed by atoms with Crippen molar-refractivity contribution in [2.45, 2.75) is 39.5 Å². The first kappa shape index (κ1) is 22.8. The Morgan fingerprint density at radius 1 is 1.10 bits per heavy atom. The van der Waals surface area contributed by atoms with Gasteiger partial charge < -0.3 is 18.9 Å². The van der Waals surface area contributed by atoms with Crippen LogP contribution in [0.15, 0.2) is 36.8 Å². The van der Waals surface area contributed by atoms with Crippen molar-refractivity contribution in [3.8, 4) is 6.07 Å². The van der Waals surface area contributed by atoms with Crippen molar-refractivity contribution in [2.24, 2.45) is 0 Å². The summed E-state index contributed by atoms with van der Waals surface area (Å²) in [6.07, 6.45) is 3.45. The molecule has 1 amide bonds. The molecule has 8 nitrogen and oxygen atoms in total. The lowest BCUT2D eigenvalue weighted by molar-refractivity contribution is -0.0280. The number of amides is 1. The normalized spacial score (nSPS) is 15.0. The lowest BCUT2D eigenvalue weighted by Crippen LogP contribution is -2.48.